The van der Waals surface area contributed by atoms with Crippen LogP contribution in [0.2, 0.25) is 0 Å². The molecule has 0 aliphatic heterocycles. The number of hydrogen-bond acceptors (Lipinski definition) is 5. The normalized spacial score (nSPS) is 10.6. The molecular weight excluding hydrogens is 238 g/mol. The lowest BCUT2D eigenvalue weighted by Gasteiger charge is -2.06. The molecular formula is C12H11NO3S. The third-order valence-corrected chi connectivity index (χ3v) is 3.62. The van der Waals surface area contributed by atoms with Gasteiger partial charge in [0.2, 0.25) is 5.43 Å². The van der Waals surface area contributed by atoms with Crippen LogP contribution in [0.4, 0.5) is 5.69 Å². The molecule has 0 saturated carbocycles. The Hall–Kier alpha value is -1.75. The number of benzene rings is 1. The number of methoxy groups -OCH3 is 1. The number of nitrogen functional groups attached to an aromatic ring is 1. The van der Waals surface area contributed by atoms with Crippen LogP contribution in [0.1, 0.15) is 5.56 Å². The minimum Gasteiger partial charge on any atom is -0.497 e. The standard InChI is InChI=1S/C12H11NO3S/c1-16-8-4-2-7(3-5-8)6-17-12-9(13)10(14)11(12)15/h2-5H,6,13H2,1H3. The Bertz CT molecular complexity index is 597. The molecule has 2 aromatic rings. The Balaban J connectivity index is 2.03. The van der Waals surface area contributed by atoms with Crippen molar-refractivity contribution >= 4 is 17.4 Å². The predicted octanol–water partition coefficient (Wildman–Crippen LogP) is 1.17. The van der Waals surface area contributed by atoms with Crippen LogP contribution in [0.15, 0.2) is 38.8 Å². The molecule has 0 amide bonds. The molecule has 17 heavy (non-hydrogen) atoms. The van der Waals surface area contributed by atoms with Crippen LogP contribution >= 0.6 is 11.8 Å². The Labute approximate surface area is 102 Å². The summed E-state index contributed by atoms with van der Waals surface area (Å²) in [6.45, 7) is 0. The van der Waals surface area contributed by atoms with Crippen molar-refractivity contribution < 1.29 is 4.74 Å². The van der Waals surface area contributed by atoms with Gasteiger partial charge in [-0.15, -0.1) is 11.8 Å². The van der Waals surface area contributed by atoms with Crippen molar-refractivity contribution in [3.05, 3.63) is 50.3 Å². The lowest BCUT2D eigenvalue weighted by Crippen LogP contribution is -2.35. The molecule has 0 radical (unpaired) electrons. The van der Waals surface area contributed by atoms with Crippen LogP contribution in [0.25, 0.3) is 0 Å². The molecule has 2 N–H and O–H groups in total. The molecule has 0 aliphatic carbocycles. The van der Waals surface area contributed by atoms with Gasteiger partial charge in [-0.25, -0.2) is 0 Å². The number of rotatable bonds is 4. The highest BCUT2D eigenvalue weighted by Crippen LogP contribution is 2.24. The van der Waals surface area contributed by atoms with Crippen LogP contribution in [0.3, 0.4) is 0 Å². The minimum absolute atomic E-state index is 0.0912. The maximum atomic E-state index is 11.2. The van der Waals surface area contributed by atoms with Crippen molar-refractivity contribution in [1.29, 1.82) is 0 Å². The van der Waals surface area contributed by atoms with Crippen molar-refractivity contribution in [2.45, 2.75) is 10.6 Å². The molecule has 0 bridgehead atoms. The highest BCUT2D eigenvalue weighted by atomic mass is 32.2. The smallest absolute Gasteiger partial charge is 0.251 e. The van der Waals surface area contributed by atoms with Gasteiger partial charge in [0, 0.05) is 5.75 Å². The summed E-state index contributed by atoms with van der Waals surface area (Å²) in [7, 11) is 1.61. The largest absolute Gasteiger partial charge is 0.497 e. The van der Waals surface area contributed by atoms with Crippen molar-refractivity contribution in [2.75, 3.05) is 12.8 Å². The van der Waals surface area contributed by atoms with Gasteiger partial charge in [0.25, 0.3) is 5.43 Å². The molecule has 0 spiro atoms. The van der Waals surface area contributed by atoms with E-state index in [9.17, 15) is 9.59 Å². The lowest BCUT2D eigenvalue weighted by molar-refractivity contribution is 0.414. The molecule has 88 valence electrons. The van der Waals surface area contributed by atoms with Gasteiger partial charge in [-0.2, -0.15) is 0 Å². The predicted molar refractivity (Wildman–Crippen MR) is 68.3 cm³/mol. The Morgan fingerprint density at radius 2 is 1.82 bits per heavy atom. The number of anilines is 1. The van der Waals surface area contributed by atoms with Gasteiger partial charge in [-0.3, -0.25) is 9.59 Å². The van der Waals surface area contributed by atoms with Crippen LogP contribution in [-0.2, 0) is 5.75 Å². The third-order valence-electron chi connectivity index (χ3n) is 2.44. The molecule has 2 aromatic carbocycles. The molecule has 0 heterocycles. The van der Waals surface area contributed by atoms with Crippen molar-refractivity contribution in [3.63, 3.8) is 0 Å². The van der Waals surface area contributed by atoms with Gasteiger partial charge in [0.05, 0.1) is 12.0 Å². The first-order valence-electron chi connectivity index (χ1n) is 4.98. The number of thioether (sulfide) groups is 1. The molecule has 0 unspecified atom stereocenters. The first-order valence-corrected chi connectivity index (χ1v) is 5.96. The zero-order valence-corrected chi connectivity index (χ0v) is 10.0. The topological polar surface area (TPSA) is 69.4 Å². The average molecular weight is 249 g/mol. The second-order valence-electron chi connectivity index (χ2n) is 3.54. The fourth-order valence-corrected chi connectivity index (χ4v) is 2.38. The Kier molecular flexibility index (Phi) is 3.19. The van der Waals surface area contributed by atoms with Crippen molar-refractivity contribution in [2.24, 2.45) is 0 Å². The van der Waals surface area contributed by atoms with Gasteiger partial charge in [-0.05, 0) is 17.7 Å². The maximum absolute atomic E-state index is 11.2. The number of nitrogens with two attached hydrogens (primary N) is 1. The van der Waals surface area contributed by atoms with Gasteiger partial charge >= 0.3 is 0 Å². The third kappa shape index (κ3) is 2.19. The first kappa shape index (κ1) is 11.7. The van der Waals surface area contributed by atoms with Crippen molar-refractivity contribution in [3.8, 4) is 5.75 Å². The minimum atomic E-state index is -0.567. The van der Waals surface area contributed by atoms with Crippen LogP contribution in [-0.4, -0.2) is 7.11 Å². The van der Waals surface area contributed by atoms with Crippen molar-refractivity contribution in [1.82, 2.24) is 0 Å². The molecule has 5 heteroatoms. The summed E-state index contributed by atoms with van der Waals surface area (Å²) in [5.41, 5.74) is 5.53. The van der Waals surface area contributed by atoms with E-state index in [4.69, 9.17) is 10.5 Å². The van der Waals surface area contributed by atoms with E-state index in [0.29, 0.717) is 10.6 Å². The Morgan fingerprint density at radius 1 is 1.18 bits per heavy atom. The molecule has 0 aromatic heterocycles. The summed E-state index contributed by atoms with van der Waals surface area (Å²) >= 11 is 1.29. The van der Waals surface area contributed by atoms with Gasteiger partial charge in [0.1, 0.15) is 11.4 Å². The summed E-state index contributed by atoms with van der Waals surface area (Å²) in [5.74, 6) is 1.39. The molecule has 0 aliphatic rings. The fraction of sp³-hybridized carbons (Fsp3) is 0.167. The molecule has 4 nitrogen and oxygen atoms in total. The SMILES string of the molecule is COc1ccc(CSc2c(N)c(=O)c2=O)cc1. The van der Waals surface area contributed by atoms with E-state index in [2.05, 4.69) is 0 Å². The second-order valence-corrected chi connectivity index (χ2v) is 4.52. The highest BCUT2D eigenvalue weighted by Gasteiger charge is 2.17. The summed E-state index contributed by atoms with van der Waals surface area (Å²) in [6, 6.07) is 7.52. The first-order chi connectivity index (χ1) is 8.13. The zero-order chi connectivity index (χ0) is 12.4. The van der Waals surface area contributed by atoms with E-state index < -0.39 is 10.9 Å². The van der Waals surface area contributed by atoms with Crippen LogP contribution in [0, 0.1) is 0 Å². The van der Waals surface area contributed by atoms with E-state index in [1.807, 2.05) is 24.3 Å². The second kappa shape index (κ2) is 4.63. The van der Waals surface area contributed by atoms with Crippen LogP contribution in [0.5, 0.6) is 5.75 Å². The molecule has 0 atom stereocenters. The van der Waals surface area contributed by atoms with E-state index in [-0.39, 0.29) is 5.69 Å². The maximum Gasteiger partial charge on any atom is 0.251 e. The van der Waals surface area contributed by atoms with Gasteiger partial charge in [-0.1, -0.05) is 12.1 Å². The van der Waals surface area contributed by atoms with E-state index in [1.165, 1.54) is 11.8 Å². The van der Waals surface area contributed by atoms with E-state index in [0.717, 1.165) is 11.3 Å². The Morgan fingerprint density at radius 3 is 2.35 bits per heavy atom. The summed E-state index contributed by atoms with van der Waals surface area (Å²) in [5, 5.41) is 0. The lowest BCUT2D eigenvalue weighted by atomic mass is 10.2. The quantitative estimate of drug-likeness (QED) is 0.650. The molecule has 2 rings (SSSR count). The summed E-state index contributed by atoms with van der Waals surface area (Å²) < 4.78 is 5.04. The summed E-state index contributed by atoms with van der Waals surface area (Å²) in [4.78, 5) is 22.5. The number of hydrogen-bond donors (Lipinski definition) is 1. The van der Waals surface area contributed by atoms with Gasteiger partial charge in [0.15, 0.2) is 0 Å². The monoisotopic (exact) mass is 249 g/mol. The highest BCUT2D eigenvalue weighted by molar-refractivity contribution is 7.98. The van der Waals surface area contributed by atoms with E-state index >= 15 is 0 Å². The zero-order valence-electron chi connectivity index (χ0n) is 9.23. The average Bonchev–Trinajstić information content (AvgIpc) is 2.39. The molecule has 0 fully saturated rings. The van der Waals surface area contributed by atoms with Gasteiger partial charge < -0.3 is 10.5 Å². The summed E-state index contributed by atoms with van der Waals surface area (Å²) in [6.07, 6.45) is 0. The van der Waals surface area contributed by atoms with Crippen LogP contribution < -0.4 is 21.3 Å². The molecule has 0 saturated heterocycles. The number of ether oxygens (including phenoxy) is 1. The fourth-order valence-electron chi connectivity index (χ4n) is 1.41. The van der Waals surface area contributed by atoms with E-state index in [1.54, 1.807) is 7.11 Å².